The Morgan fingerprint density at radius 1 is 1.36 bits per heavy atom. The van der Waals surface area contributed by atoms with Crippen LogP contribution in [0.25, 0.3) is 0 Å². The Hall–Kier alpha value is -1.55. The molecule has 2 heterocycles. The van der Waals surface area contributed by atoms with Gasteiger partial charge in [0.15, 0.2) is 0 Å². The molecule has 0 unspecified atom stereocenters. The highest BCUT2D eigenvalue weighted by molar-refractivity contribution is 6.29. The maximum atomic E-state index is 5.59. The first-order valence-corrected chi connectivity index (χ1v) is 4.46. The molecule has 72 valence electrons. The van der Waals surface area contributed by atoms with Crippen molar-refractivity contribution in [2.45, 2.75) is 6.54 Å². The van der Waals surface area contributed by atoms with E-state index in [1.54, 1.807) is 12.5 Å². The van der Waals surface area contributed by atoms with Crippen LogP contribution >= 0.6 is 11.6 Å². The van der Waals surface area contributed by atoms with Gasteiger partial charge in [-0.25, -0.2) is 9.97 Å². The first-order valence-electron chi connectivity index (χ1n) is 4.08. The Morgan fingerprint density at radius 2 is 2.29 bits per heavy atom. The number of hydrogen-bond donors (Lipinski definition) is 1. The lowest BCUT2D eigenvalue weighted by atomic mass is 10.4. The highest BCUT2D eigenvalue weighted by atomic mass is 35.5. The van der Waals surface area contributed by atoms with Gasteiger partial charge in [0.25, 0.3) is 0 Å². The van der Waals surface area contributed by atoms with Crippen molar-refractivity contribution in [3.05, 3.63) is 41.7 Å². The van der Waals surface area contributed by atoms with Crippen LogP contribution in [0.2, 0.25) is 5.15 Å². The molecule has 1 N–H and O–H groups in total. The predicted molar refractivity (Wildman–Crippen MR) is 53.1 cm³/mol. The molecule has 14 heavy (non-hydrogen) atoms. The molecule has 0 aliphatic carbocycles. The summed E-state index contributed by atoms with van der Waals surface area (Å²) in [6.07, 6.45) is 4.70. The summed E-state index contributed by atoms with van der Waals surface area (Å²) in [5.41, 5.74) is 0. The van der Waals surface area contributed by atoms with Gasteiger partial charge in [0, 0.05) is 0 Å². The molecule has 2 rings (SSSR count). The average Bonchev–Trinajstić information content (AvgIpc) is 2.70. The standard InChI is InChI=1S/C9H8ClN3O/c10-8-5-13-9(6-11-8)12-4-7-2-1-3-14-7/h1-3,5-6H,4H2,(H,12,13). The van der Waals surface area contributed by atoms with Gasteiger partial charge in [-0.05, 0) is 12.1 Å². The van der Waals surface area contributed by atoms with Crippen molar-refractivity contribution in [1.82, 2.24) is 9.97 Å². The van der Waals surface area contributed by atoms with Gasteiger partial charge in [0.1, 0.15) is 16.7 Å². The lowest BCUT2D eigenvalue weighted by Gasteiger charge is -2.01. The number of furan rings is 1. The van der Waals surface area contributed by atoms with Gasteiger partial charge in [-0.2, -0.15) is 0 Å². The summed E-state index contributed by atoms with van der Waals surface area (Å²) >= 11 is 5.59. The van der Waals surface area contributed by atoms with Crippen molar-refractivity contribution in [3.63, 3.8) is 0 Å². The van der Waals surface area contributed by atoms with E-state index in [9.17, 15) is 0 Å². The van der Waals surface area contributed by atoms with E-state index < -0.39 is 0 Å². The van der Waals surface area contributed by atoms with E-state index in [4.69, 9.17) is 16.0 Å². The largest absolute Gasteiger partial charge is 0.467 e. The van der Waals surface area contributed by atoms with Crippen molar-refractivity contribution in [2.24, 2.45) is 0 Å². The molecule has 0 spiro atoms. The van der Waals surface area contributed by atoms with Gasteiger partial charge in [0.2, 0.25) is 0 Å². The van der Waals surface area contributed by atoms with Crippen LogP contribution in [-0.4, -0.2) is 9.97 Å². The zero-order valence-electron chi connectivity index (χ0n) is 7.27. The third-order valence-corrected chi connectivity index (χ3v) is 1.84. The maximum Gasteiger partial charge on any atom is 0.147 e. The van der Waals surface area contributed by atoms with Gasteiger partial charge < -0.3 is 9.73 Å². The first-order chi connectivity index (χ1) is 6.84. The van der Waals surface area contributed by atoms with E-state index in [2.05, 4.69) is 15.3 Å². The van der Waals surface area contributed by atoms with E-state index in [0.29, 0.717) is 17.5 Å². The first kappa shape index (κ1) is 9.02. The normalized spacial score (nSPS) is 10.1. The molecule has 5 heteroatoms. The zero-order chi connectivity index (χ0) is 9.80. The van der Waals surface area contributed by atoms with Crippen LogP contribution in [0.15, 0.2) is 35.2 Å². The zero-order valence-corrected chi connectivity index (χ0v) is 8.03. The smallest absolute Gasteiger partial charge is 0.147 e. The summed E-state index contributed by atoms with van der Waals surface area (Å²) in [5.74, 6) is 1.52. The number of halogens is 1. The second-order valence-electron chi connectivity index (χ2n) is 2.66. The number of rotatable bonds is 3. The van der Waals surface area contributed by atoms with Gasteiger partial charge >= 0.3 is 0 Å². The molecule has 0 fully saturated rings. The van der Waals surface area contributed by atoms with E-state index in [1.807, 2.05) is 12.1 Å². The molecule has 0 aliphatic heterocycles. The SMILES string of the molecule is Clc1cnc(NCc2ccco2)cn1. The fraction of sp³-hybridized carbons (Fsp3) is 0.111. The number of anilines is 1. The van der Waals surface area contributed by atoms with Crippen molar-refractivity contribution >= 4 is 17.4 Å². The lowest BCUT2D eigenvalue weighted by Crippen LogP contribution is -2.00. The monoisotopic (exact) mass is 209 g/mol. The second-order valence-corrected chi connectivity index (χ2v) is 3.04. The molecule has 4 nitrogen and oxygen atoms in total. The Kier molecular flexibility index (Phi) is 2.65. The minimum Gasteiger partial charge on any atom is -0.467 e. The number of aromatic nitrogens is 2. The fourth-order valence-electron chi connectivity index (χ4n) is 0.994. The van der Waals surface area contributed by atoms with Crippen LogP contribution < -0.4 is 5.32 Å². The van der Waals surface area contributed by atoms with Crippen LogP contribution in [0, 0.1) is 0 Å². The summed E-state index contributed by atoms with van der Waals surface area (Å²) in [6, 6.07) is 3.72. The number of nitrogens with one attached hydrogen (secondary N) is 1. The summed E-state index contributed by atoms with van der Waals surface area (Å²) in [4.78, 5) is 7.92. The molecule has 0 radical (unpaired) electrons. The van der Waals surface area contributed by atoms with E-state index in [1.165, 1.54) is 6.20 Å². The summed E-state index contributed by atoms with van der Waals surface area (Å²) < 4.78 is 5.14. The summed E-state index contributed by atoms with van der Waals surface area (Å²) in [6.45, 7) is 0.587. The van der Waals surface area contributed by atoms with Crippen LogP contribution in [-0.2, 0) is 6.54 Å². The Balaban J connectivity index is 1.95. The van der Waals surface area contributed by atoms with Gasteiger partial charge in [0.05, 0.1) is 25.2 Å². The Bertz CT molecular complexity index is 385. The molecular weight excluding hydrogens is 202 g/mol. The van der Waals surface area contributed by atoms with E-state index in [-0.39, 0.29) is 0 Å². The van der Waals surface area contributed by atoms with Crippen LogP contribution in [0.5, 0.6) is 0 Å². The molecular formula is C9H8ClN3O. The minimum atomic E-state index is 0.383. The Morgan fingerprint density at radius 3 is 2.93 bits per heavy atom. The number of hydrogen-bond acceptors (Lipinski definition) is 4. The van der Waals surface area contributed by atoms with Gasteiger partial charge in [-0.15, -0.1) is 0 Å². The van der Waals surface area contributed by atoms with Crippen LogP contribution in [0.1, 0.15) is 5.76 Å². The molecule has 0 aliphatic rings. The molecule has 2 aromatic rings. The third kappa shape index (κ3) is 2.23. The van der Waals surface area contributed by atoms with Crippen molar-refractivity contribution in [3.8, 4) is 0 Å². The summed E-state index contributed by atoms with van der Waals surface area (Å²) in [7, 11) is 0. The third-order valence-electron chi connectivity index (χ3n) is 1.64. The van der Waals surface area contributed by atoms with Crippen molar-refractivity contribution in [2.75, 3.05) is 5.32 Å². The van der Waals surface area contributed by atoms with E-state index >= 15 is 0 Å². The van der Waals surface area contributed by atoms with Gasteiger partial charge in [-0.3, -0.25) is 0 Å². The predicted octanol–water partition coefficient (Wildman–Crippen LogP) is 2.34. The van der Waals surface area contributed by atoms with Crippen molar-refractivity contribution < 1.29 is 4.42 Å². The molecule has 0 amide bonds. The maximum absolute atomic E-state index is 5.59. The van der Waals surface area contributed by atoms with Gasteiger partial charge in [-0.1, -0.05) is 11.6 Å². The summed E-state index contributed by atoms with van der Waals surface area (Å²) in [5, 5.41) is 3.43. The van der Waals surface area contributed by atoms with Crippen LogP contribution in [0.4, 0.5) is 5.82 Å². The molecule has 2 aromatic heterocycles. The topological polar surface area (TPSA) is 51.0 Å². The van der Waals surface area contributed by atoms with Crippen molar-refractivity contribution in [1.29, 1.82) is 0 Å². The lowest BCUT2D eigenvalue weighted by molar-refractivity contribution is 0.518. The quantitative estimate of drug-likeness (QED) is 0.843. The fourth-order valence-corrected chi connectivity index (χ4v) is 1.09. The number of nitrogens with zero attached hydrogens (tertiary/aromatic N) is 2. The highest BCUT2D eigenvalue weighted by Crippen LogP contribution is 2.07. The minimum absolute atomic E-state index is 0.383. The molecule has 0 saturated heterocycles. The average molecular weight is 210 g/mol. The highest BCUT2D eigenvalue weighted by Gasteiger charge is 1.97. The van der Waals surface area contributed by atoms with E-state index in [0.717, 1.165) is 5.76 Å². The molecule has 0 atom stereocenters. The molecule has 0 aromatic carbocycles. The molecule has 0 saturated carbocycles. The Labute approximate surface area is 85.9 Å². The second kappa shape index (κ2) is 4.11. The molecule has 0 bridgehead atoms. The van der Waals surface area contributed by atoms with Crippen LogP contribution in [0.3, 0.4) is 0 Å².